The van der Waals surface area contributed by atoms with E-state index in [0.29, 0.717) is 17.6 Å². The van der Waals surface area contributed by atoms with Gasteiger partial charge >= 0.3 is 0 Å². The van der Waals surface area contributed by atoms with Crippen LogP contribution in [0.4, 0.5) is 11.9 Å². The van der Waals surface area contributed by atoms with Crippen LogP contribution in [0.3, 0.4) is 0 Å². The fourth-order valence-corrected chi connectivity index (χ4v) is 1.67. The van der Waals surface area contributed by atoms with Crippen LogP contribution in [0.15, 0.2) is 30.3 Å². The molecule has 2 heterocycles. The minimum absolute atomic E-state index is 0.166. The number of hydrogen-bond donors (Lipinski definition) is 2. The zero-order valence-electron chi connectivity index (χ0n) is 9.70. The lowest BCUT2D eigenvalue weighted by Gasteiger charge is -2.00. The SMILES string of the molecule is CNc1nc(N)nc2nc(-c3ccccc3)nn12. The van der Waals surface area contributed by atoms with Crippen LogP contribution in [0.1, 0.15) is 0 Å². The molecule has 18 heavy (non-hydrogen) atoms. The first kappa shape index (κ1) is 10.5. The Morgan fingerprint density at radius 1 is 1.11 bits per heavy atom. The molecule has 0 amide bonds. The molecule has 0 saturated heterocycles. The first-order chi connectivity index (χ1) is 8.78. The molecule has 2 aromatic heterocycles. The molecular weight excluding hydrogens is 230 g/mol. The number of anilines is 2. The molecule has 0 aliphatic rings. The Kier molecular flexibility index (Phi) is 2.30. The molecule has 3 rings (SSSR count). The Hall–Kier alpha value is -2.70. The van der Waals surface area contributed by atoms with E-state index in [2.05, 4.69) is 25.4 Å². The first-order valence-electron chi connectivity index (χ1n) is 5.41. The standard InChI is InChI=1S/C11H11N7/c1-13-10-15-9(12)16-11-14-8(17-18(10)11)7-5-3-2-4-6-7/h2-6H,1H3,(H3,12,13,14,15,16,17). The van der Waals surface area contributed by atoms with Crippen LogP contribution in [0.25, 0.3) is 17.2 Å². The number of nitrogens with two attached hydrogens (primary N) is 1. The maximum Gasteiger partial charge on any atom is 0.259 e. The summed E-state index contributed by atoms with van der Waals surface area (Å²) in [7, 11) is 1.74. The molecule has 3 N–H and O–H groups in total. The van der Waals surface area contributed by atoms with Gasteiger partial charge in [-0.3, -0.25) is 0 Å². The molecule has 0 saturated carbocycles. The largest absolute Gasteiger partial charge is 0.368 e. The molecule has 0 atom stereocenters. The number of benzene rings is 1. The van der Waals surface area contributed by atoms with Gasteiger partial charge in [-0.25, -0.2) is 0 Å². The molecule has 0 unspecified atom stereocenters. The smallest absolute Gasteiger partial charge is 0.259 e. The predicted octanol–water partition coefficient (Wildman–Crippen LogP) is 0.810. The van der Waals surface area contributed by atoms with Gasteiger partial charge < -0.3 is 11.1 Å². The molecule has 1 aromatic carbocycles. The number of nitrogens with one attached hydrogen (secondary N) is 1. The maximum atomic E-state index is 5.60. The number of nitrogens with zero attached hydrogens (tertiary/aromatic N) is 5. The quantitative estimate of drug-likeness (QED) is 0.689. The zero-order chi connectivity index (χ0) is 12.5. The van der Waals surface area contributed by atoms with E-state index in [1.165, 1.54) is 4.52 Å². The van der Waals surface area contributed by atoms with Crippen molar-refractivity contribution in [1.82, 2.24) is 24.6 Å². The van der Waals surface area contributed by atoms with Crippen molar-refractivity contribution in [2.24, 2.45) is 0 Å². The summed E-state index contributed by atoms with van der Waals surface area (Å²) in [5.74, 6) is 1.68. The summed E-state index contributed by atoms with van der Waals surface area (Å²) in [6.07, 6.45) is 0. The van der Waals surface area contributed by atoms with Crippen LogP contribution < -0.4 is 11.1 Å². The van der Waals surface area contributed by atoms with Crippen molar-refractivity contribution in [1.29, 1.82) is 0 Å². The van der Waals surface area contributed by atoms with Gasteiger partial charge in [-0.2, -0.15) is 19.5 Å². The highest BCUT2D eigenvalue weighted by Crippen LogP contribution is 2.16. The third-order valence-corrected chi connectivity index (χ3v) is 2.48. The van der Waals surface area contributed by atoms with E-state index in [-0.39, 0.29) is 5.95 Å². The van der Waals surface area contributed by atoms with Crippen molar-refractivity contribution in [2.45, 2.75) is 0 Å². The highest BCUT2D eigenvalue weighted by atomic mass is 15.4. The Morgan fingerprint density at radius 3 is 2.61 bits per heavy atom. The number of aromatic nitrogens is 5. The van der Waals surface area contributed by atoms with Crippen LogP contribution in [-0.2, 0) is 0 Å². The second kappa shape index (κ2) is 3.95. The summed E-state index contributed by atoms with van der Waals surface area (Å²) in [6.45, 7) is 0. The molecule has 0 aliphatic carbocycles. The van der Waals surface area contributed by atoms with Crippen LogP contribution in [-0.4, -0.2) is 31.6 Å². The molecular formula is C11H11N7. The highest BCUT2D eigenvalue weighted by Gasteiger charge is 2.11. The molecule has 0 spiro atoms. The average Bonchev–Trinajstić information content (AvgIpc) is 2.82. The van der Waals surface area contributed by atoms with E-state index in [0.717, 1.165) is 5.56 Å². The molecule has 0 bridgehead atoms. The van der Waals surface area contributed by atoms with Gasteiger partial charge in [0.1, 0.15) is 0 Å². The summed E-state index contributed by atoms with van der Waals surface area (Å²) in [4.78, 5) is 12.4. The Morgan fingerprint density at radius 2 is 1.89 bits per heavy atom. The average molecular weight is 241 g/mol. The number of fused-ring (bicyclic) bond motifs is 1. The van der Waals surface area contributed by atoms with Crippen molar-refractivity contribution in [2.75, 3.05) is 18.1 Å². The second-order valence-corrected chi connectivity index (χ2v) is 3.67. The summed E-state index contributed by atoms with van der Waals surface area (Å²) >= 11 is 0. The molecule has 3 aromatic rings. The van der Waals surface area contributed by atoms with Crippen molar-refractivity contribution in [3.63, 3.8) is 0 Å². The predicted molar refractivity (Wildman–Crippen MR) is 68.0 cm³/mol. The number of hydrogen-bond acceptors (Lipinski definition) is 6. The van der Waals surface area contributed by atoms with Gasteiger partial charge in [0, 0.05) is 12.6 Å². The molecule has 90 valence electrons. The number of rotatable bonds is 2. The van der Waals surface area contributed by atoms with Gasteiger partial charge in [-0.05, 0) is 0 Å². The normalized spacial score (nSPS) is 10.7. The molecule has 0 radical (unpaired) electrons. The molecule has 0 fully saturated rings. The van der Waals surface area contributed by atoms with Gasteiger partial charge in [-0.1, -0.05) is 30.3 Å². The fourth-order valence-electron chi connectivity index (χ4n) is 1.67. The summed E-state index contributed by atoms with van der Waals surface area (Å²) < 4.78 is 1.53. The zero-order valence-corrected chi connectivity index (χ0v) is 9.70. The lowest BCUT2D eigenvalue weighted by atomic mass is 10.2. The summed E-state index contributed by atoms with van der Waals surface area (Å²) in [5.41, 5.74) is 6.52. The minimum Gasteiger partial charge on any atom is -0.368 e. The van der Waals surface area contributed by atoms with Crippen molar-refractivity contribution < 1.29 is 0 Å². The first-order valence-corrected chi connectivity index (χ1v) is 5.41. The van der Waals surface area contributed by atoms with E-state index in [9.17, 15) is 0 Å². The van der Waals surface area contributed by atoms with Crippen LogP contribution in [0, 0.1) is 0 Å². The Labute approximate surface area is 103 Å². The lowest BCUT2D eigenvalue weighted by molar-refractivity contribution is 0.906. The molecule has 0 aliphatic heterocycles. The Bertz CT molecular complexity index is 689. The van der Waals surface area contributed by atoms with Gasteiger partial charge in [0.15, 0.2) is 5.82 Å². The van der Waals surface area contributed by atoms with Crippen LogP contribution in [0.5, 0.6) is 0 Å². The summed E-state index contributed by atoms with van der Waals surface area (Å²) in [5, 5.41) is 7.26. The van der Waals surface area contributed by atoms with E-state index >= 15 is 0 Å². The van der Waals surface area contributed by atoms with Crippen molar-refractivity contribution >= 4 is 17.7 Å². The van der Waals surface area contributed by atoms with Crippen molar-refractivity contribution in [3.8, 4) is 11.4 Å². The third kappa shape index (κ3) is 1.61. The van der Waals surface area contributed by atoms with E-state index in [4.69, 9.17) is 5.73 Å². The van der Waals surface area contributed by atoms with Crippen molar-refractivity contribution in [3.05, 3.63) is 30.3 Å². The maximum absolute atomic E-state index is 5.60. The monoisotopic (exact) mass is 241 g/mol. The topological polar surface area (TPSA) is 94.0 Å². The van der Waals surface area contributed by atoms with Crippen LogP contribution >= 0.6 is 0 Å². The van der Waals surface area contributed by atoms with Gasteiger partial charge in [-0.15, -0.1) is 5.10 Å². The summed E-state index contributed by atoms with van der Waals surface area (Å²) in [6, 6.07) is 9.67. The third-order valence-electron chi connectivity index (χ3n) is 2.48. The number of nitrogen functional groups attached to an aromatic ring is 1. The van der Waals surface area contributed by atoms with E-state index < -0.39 is 0 Å². The molecule has 7 heteroatoms. The lowest BCUT2D eigenvalue weighted by Crippen LogP contribution is -2.07. The van der Waals surface area contributed by atoms with E-state index in [1.54, 1.807) is 7.05 Å². The van der Waals surface area contributed by atoms with Gasteiger partial charge in [0.05, 0.1) is 0 Å². The van der Waals surface area contributed by atoms with E-state index in [1.807, 2.05) is 30.3 Å². The highest BCUT2D eigenvalue weighted by molar-refractivity contribution is 5.58. The fraction of sp³-hybridized carbons (Fsp3) is 0.0909. The Balaban J connectivity index is 2.23. The van der Waals surface area contributed by atoms with Gasteiger partial charge in [0.25, 0.3) is 5.78 Å². The van der Waals surface area contributed by atoms with Crippen LogP contribution in [0.2, 0.25) is 0 Å². The van der Waals surface area contributed by atoms with Gasteiger partial charge in [0.2, 0.25) is 11.9 Å². The second-order valence-electron chi connectivity index (χ2n) is 3.67. The minimum atomic E-state index is 0.166. The molecule has 7 nitrogen and oxygen atoms in total.